The number of aromatic nitrogens is 5. The molecule has 3 heterocycles. The molecule has 0 bridgehead atoms. The highest BCUT2D eigenvalue weighted by Gasteiger charge is 2.20. The SMILES string of the molecule is C=CCn1c(=O)c2c(ncn2Cc2nc(C(=O)OC)co2)n(-c2ccc(C(C)C)cc2)c1=O. The summed E-state index contributed by atoms with van der Waals surface area (Å²) in [6, 6.07) is 7.54. The summed E-state index contributed by atoms with van der Waals surface area (Å²) in [6.07, 6.45) is 4.10. The summed E-state index contributed by atoms with van der Waals surface area (Å²) < 4.78 is 14.0. The highest BCUT2D eigenvalue weighted by atomic mass is 16.5. The molecule has 10 nitrogen and oxygen atoms in total. The van der Waals surface area contributed by atoms with Crippen LogP contribution in [0, 0.1) is 0 Å². The molecule has 0 aliphatic rings. The molecule has 10 heteroatoms. The monoisotopic (exact) mass is 449 g/mol. The third-order valence-electron chi connectivity index (χ3n) is 5.28. The van der Waals surface area contributed by atoms with Crippen molar-refractivity contribution in [2.24, 2.45) is 0 Å². The van der Waals surface area contributed by atoms with Crippen LogP contribution < -0.4 is 11.2 Å². The van der Waals surface area contributed by atoms with Crippen LogP contribution in [0.15, 0.2) is 63.5 Å². The summed E-state index contributed by atoms with van der Waals surface area (Å²) in [4.78, 5) is 46.6. The first-order chi connectivity index (χ1) is 15.8. The summed E-state index contributed by atoms with van der Waals surface area (Å²) in [7, 11) is 1.25. The van der Waals surface area contributed by atoms with Crippen LogP contribution in [0.3, 0.4) is 0 Å². The molecular formula is C23H23N5O5. The number of imidazole rings is 1. The number of hydrogen-bond donors (Lipinski definition) is 0. The Morgan fingerprint density at radius 1 is 1.24 bits per heavy atom. The lowest BCUT2D eigenvalue weighted by Crippen LogP contribution is -2.39. The van der Waals surface area contributed by atoms with Gasteiger partial charge in [-0.25, -0.2) is 24.1 Å². The van der Waals surface area contributed by atoms with E-state index in [1.165, 1.54) is 34.9 Å². The lowest BCUT2D eigenvalue weighted by atomic mass is 10.0. The first-order valence-electron chi connectivity index (χ1n) is 10.3. The second-order valence-corrected chi connectivity index (χ2v) is 7.73. The summed E-state index contributed by atoms with van der Waals surface area (Å²) in [5.41, 5.74) is 1.11. The van der Waals surface area contributed by atoms with Crippen LogP contribution in [-0.4, -0.2) is 36.7 Å². The van der Waals surface area contributed by atoms with E-state index in [4.69, 9.17) is 4.42 Å². The first kappa shape index (κ1) is 22.0. The van der Waals surface area contributed by atoms with E-state index in [1.54, 1.807) is 0 Å². The van der Waals surface area contributed by atoms with Gasteiger partial charge in [0.1, 0.15) is 12.8 Å². The van der Waals surface area contributed by atoms with E-state index in [1.807, 2.05) is 24.3 Å². The molecule has 1 aromatic carbocycles. The molecule has 0 aliphatic heterocycles. The molecule has 0 saturated carbocycles. The van der Waals surface area contributed by atoms with E-state index >= 15 is 0 Å². The third-order valence-corrected chi connectivity index (χ3v) is 5.28. The predicted octanol–water partition coefficient (Wildman–Crippen LogP) is 2.48. The number of allylic oxidation sites excluding steroid dienone is 1. The van der Waals surface area contributed by atoms with Crippen LogP contribution in [0.5, 0.6) is 0 Å². The number of esters is 1. The van der Waals surface area contributed by atoms with Crippen molar-refractivity contribution in [3.8, 4) is 5.69 Å². The first-order valence-corrected chi connectivity index (χ1v) is 10.3. The Bertz CT molecular complexity index is 1450. The second kappa shape index (κ2) is 8.73. The zero-order valence-corrected chi connectivity index (χ0v) is 18.5. The molecule has 0 radical (unpaired) electrons. The largest absolute Gasteiger partial charge is 0.464 e. The van der Waals surface area contributed by atoms with Crippen LogP contribution in [0.4, 0.5) is 0 Å². The van der Waals surface area contributed by atoms with Gasteiger partial charge in [-0.3, -0.25) is 9.36 Å². The average Bonchev–Trinajstić information content (AvgIpc) is 3.44. The number of fused-ring (bicyclic) bond motifs is 1. The second-order valence-electron chi connectivity index (χ2n) is 7.73. The number of carbonyl (C=O) groups excluding carboxylic acids is 1. The van der Waals surface area contributed by atoms with Crippen LogP contribution in [-0.2, 0) is 17.8 Å². The van der Waals surface area contributed by atoms with Gasteiger partial charge in [-0.15, -0.1) is 6.58 Å². The molecule has 33 heavy (non-hydrogen) atoms. The molecule has 0 amide bonds. The van der Waals surface area contributed by atoms with Gasteiger partial charge in [-0.05, 0) is 23.6 Å². The van der Waals surface area contributed by atoms with Gasteiger partial charge in [0, 0.05) is 6.54 Å². The standard InChI is InChI=1S/C23H23N5O5/c1-5-10-27-21(29)19-20(28(23(27)31)16-8-6-15(7-9-16)14(2)3)24-13-26(19)11-18-25-17(12-33-18)22(30)32-4/h5-9,12-14H,1,10-11H2,2-4H3. The molecule has 0 spiro atoms. The molecule has 0 saturated heterocycles. The molecule has 0 atom stereocenters. The molecule has 3 aromatic heterocycles. The lowest BCUT2D eigenvalue weighted by Gasteiger charge is -2.12. The number of carbonyl (C=O) groups is 1. The highest BCUT2D eigenvalue weighted by Crippen LogP contribution is 2.19. The topological polar surface area (TPSA) is 114 Å². The van der Waals surface area contributed by atoms with Gasteiger partial charge in [-0.2, -0.15) is 0 Å². The van der Waals surface area contributed by atoms with Crippen LogP contribution >= 0.6 is 0 Å². The van der Waals surface area contributed by atoms with E-state index in [2.05, 4.69) is 35.1 Å². The van der Waals surface area contributed by atoms with E-state index in [0.29, 0.717) is 11.6 Å². The summed E-state index contributed by atoms with van der Waals surface area (Å²) in [5.74, 6) is -0.115. The Morgan fingerprint density at radius 2 is 1.97 bits per heavy atom. The number of ether oxygens (including phenoxy) is 1. The minimum Gasteiger partial charge on any atom is -0.464 e. The molecule has 4 aromatic rings. The van der Waals surface area contributed by atoms with Crippen molar-refractivity contribution >= 4 is 17.1 Å². The number of methoxy groups -OCH3 is 1. The van der Waals surface area contributed by atoms with E-state index in [9.17, 15) is 14.4 Å². The average molecular weight is 449 g/mol. The van der Waals surface area contributed by atoms with Gasteiger partial charge < -0.3 is 13.7 Å². The van der Waals surface area contributed by atoms with Crippen molar-refractivity contribution < 1.29 is 13.9 Å². The van der Waals surface area contributed by atoms with Crippen molar-refractivity contribution in [3.05, 3.63) is 87.5 Å². The van der Waals surface area contributed by atoms with Crippen LogP contribution in [0.2, 0.25) is 0 Å². The molecule has 0 N–H and O–H groups in total. The van der Waals surface area contributed by atoms with Gasteiger partial charge in [0.25, 0.3) is 5.56 Å². The van der Waals surface area contributed by atoms with Gasteiger partial charge >= 0.3 is 11.7 Å². The number of nitrogens with zero attached hydrogens (tertiary/aromatic N) is 5. The maximum atomic E-state index is 13.2. The summed E-state index contributed by atoms with van der Waals surface area (Å²) in [5, 5.41) is 0. The quantitative estimate of drug-likeness (QED) is 0.314. The van der Waals surface area contributed by atoms with Crippen molar-refractivity contribution in [2.45, 2.75) is 32.9 Å². The Kier molecular flexibility index (Phi) is 5.82. The Balaban J connectivity index is 1.89. The predicted molar refractivity (Wildman–Crippen MR) is 121 cm³/mol. The number of oxazole rings is 1. The van der Waals surface area contributed by atoms with E-state index in [-0.39, 0.29) is 35.8 Å². The third kappa shape index (κ3) is 3.91. The van der Waals surface area contributed by atoms with E-state index in [0.717, 1.165) is 10.1 Å². The van der Waals surface area contributed by atoms with E-state index < -0.39 is 17.2 Å². The fourth-order valence-corrected chi connectivity index (χ4v) is 3.56. The normalized spacial score (nSPS) is 11.3. The molecule has 0 unspecified atom stereocenters. The lowest BCUT2D eigenvalue weighted by molar-refractivity contribution is 0.0594. The molecule has 0 aliphatic carbocycles. The Hall–Kier alpha value is -4.21. The van der Waals surface area contributed by atoms with Gasteiger partial charge in [0.15, 0.2) is 16.9 Å². The maximum Gasteiger partial charge on any atom is 0.360 e. The Labute approximate surface area is 188 Å². The van der Waals surface area contributed by atoms with Crippen molar-refractivity contribution in [2.75, 3.05) is 7.11 Å². The van der Waals surface area contributed by atoms with Crippen LogP contribution in [0.1, 0.15) is 41.7 Å². The van der Waals surface area contributed by atoms with Gasteiger partial charge in [-0.1, -0.05) is 32.1 Å². The zero-order valence-electron chi connectivity index (χ0n) is 18.5. The molecule has 0 fully saturated rings. The number of rotatable bonds is 7. The molecular weight excluding hydrogens is 426 g/mol. The Morgan fingerprint density at radius 3 is 2.61 bits per heavy atom. The van der Waals surface area contributed by atoms with Crippen molar-refractivity contribution in [1.82, 2.24) is 23.7 Å². The van der Waals surface area contributed by atoms with Gasteiger partial charge in [0.05, 0.1) is 19.1 Å². The zero-order chi connectivity index (χ0) is 23.7. The molecule has 170 valence electrons. The summed E-state index contributed by atoms with van der Waals surface area (Å²) in [6.45, 7) is 7.89. The minimum atomic E-state index is -0.632. The highest BCUT2D eigenvalue weighted by molar-refractivity contribution is 5.86. The maximum absolute atomic E-state index is 13.2. The van der Waals surface area contributed by atoms with Crippen LogP contribution in [0.25, 0.3) is 16.9 Å². The fourth-order valence-electron chi connectivity index (χ4n) is 3.56. The van der Waals surface area contributed by atoms with Crippen molar-refractivity contribution in [1.29, 1.82) is 0 Å². The minimum absolute atomic E-state index is 0.0168. The van der Waals surface area contributed by atoms with Gasteiger partial charge in [0.2, 0.25) is 5.89 Å². The molecule has 4 rings (SSSR count). The fraction of sp³-hybridized carbons (Fsp3) is 0.261. The number of hydrogen-bond acceptors (Lipinski definition) is 7. The smallest absolute Gasteiger partial charge is 0.360 e. The summed E-state index contributed by atoms with van der Waals surface area (Å²) >= 11 is 0. The number of benzene rings is 1. The van der Waals surface area contributed by atoms with Crippen molar-refractivity contribution in [3.63, 3.8) is 0 Å².